The summed E-state index contributed by atoms with van der Waals surface area (Å²) in [7, 11) is 0. The van der Waals surface area contributed by atoms with Crippen molar-refractivity contribution in [2.24, 2.45) is 0 Å². The van der Waals surface area contributed by atoms with Crippen LogP contribution < -0.4 is 0 Å². The number of hydrogen-bond acceptors (Lipinski definition) is 2. The molecule has 1 heterocycles. The number of aryl methyl sites for hydroxylation is 1. The lowest BCUT2D eigenvalue weighted by Gasteiger charge is -2.06. The zero-order chi connectivity index (χ0) is 14.8. The van der Waals surface area contributed by atoms with Crippen molar-refractivity contribution in [2.45, 2.75) is 13.3 Å². The van der Waals surface area contributed by atoms with E-state index in [1.54, 1.807) is 18.3 Å². The highest BCUT2D eigenvalue weighted by molar-refractivity contribution is 6.17. The monoisotopic (exact) mass is 274 g/mol. The van der Waals surface area contributed by atoms with E-state index >= 15 is 0 Å². The summed E-state index contributed by atoms with van der Waals surface area (Å²) in [5.74, 6) is -0.00575. The summed E-state index contributed by atoms with van der Waals surface area (Å²) in [5.41, 5.74) is 3.80. The Morgan fingerprint density at radius 1 is 1.19 bits per heavy atom. The number of carbonyl (C=O) groups excluding carboxylic acids is 1. The van der Waals surface area contributed by atoms with Crippen LogP contribution in [0.1, 0.15) is 34.0 Å². The van der Waals surface area contributed by atoms with Gasteiger partial charge in [0.15, 0.2) is 5.78 Å². The van der Waals surface area contributed by atoms with Crippen LogP contribution in [0.3, 0.4) is 0 Å². The van der Waals surface area contributed by atoms with E-state index < -0.39 is 0 Å². The minimum atomic E-state index is -0.00575. The Morgan fingerprint density at radius 3 is 2.76 bits per heavy atom. The number of nitriles is 1. The molecule has 3 heteroatoms. The van der Waals surface area contributed by atoms with Gasteiger partial charge in [-0.3, -0.25) is 4.79 Å². The first-order valence-electron chi connectivity index (χ1n) is 6.88. The number of benzene rings is 2. The summed E-state index contributed by atoms with van der Waals surface area (Å²) >= 11 is 0. The van der Waals surface area contributed by atoms with Crippen molar-refractivity contribution >= 4 is 16.7 Å². The van der Waals surface area contributed by atoms with E-state index in [1.165, 1.54) is 0 Å². The van der Waals surface area contributed by atoms with Gasteiger partial charge in [-0.15, -0.1) is 0 Å². The van der Waals surface area contributed by atoms with Crippen LogP contribution in [0.25, 0.3) is 10.9 Å². The van der Waals surface area contributed by atoms with E-state index in [0.717, 1.165) is 28.5 Å². The number of H-pyrrole nitrogens is 1. The second-order valence-corrected chi connectivity index (χ2v) is 4.91. The highest BCUT2D eigenvalue weighted by Gasteiger charge is 2.16. The molecule has 0 amide bonds. The molecule has 0 aliphatic heterocycles. The summed E-state index contributed by atoms with van der Waals surface area (Å²) in [5, 5.41) is 9.81. The standard InChI is InChI=1S/C18H14N2O/c1-2-13-5-3-4-6-14(13)18(21)16-11-20-17-8-7-12(10-19)9-15(16)17/h3-9,11,20H,2H2,1H3. The fraction of sp³-hybridized carbons (Fsp3) is 0.111. The molecule has 0 saturated carbocycles. The second-order valence-electron chi connectivity index (χ2n) is 4.91. The zero-order valence-electron chi connectivity index (χ0n) is 11.7. The maximum Gasteiger partial charge on any atom is 0.195 e. The van der Waals surface area contributed by atoms with Crippen molar-refractivity contribution in [1.29, 1.82) is 5.26 Å². The molecule has 1 N–H and O–H groups in total. The number of hydrogen-bond donors (Lipinski definition) is 1. The van der Waals surface area contributed by atoms with Crippen molar-refractivity contribution in [3.63, 3.8) is 0 Å². The first kappa shape index (κ1) is 13.1. The van der Waals surface area contributed by atoms with Crippen LogP contribution in [-0.2, 0) is 6.42 Å². The average molecular weight is 274 g/mol. The number of aromatic nitrogens is 1. The molecule has 2 aromatic carbocycles. The Kier molecular flexibility index (Phi) is 3.29. The summed E-state index contributed by atoms with van der Waals surface area (Å²) in [4.78, 5) is 15.9. The Bertz CT molecular complexity index is 868. The quantitative estimate of drug-likeness (QED) is 0.738. The molecule has 3 nitrogen and oxygen atoms in total. The number of ketones is 1. The van der Waals surface area contributed by atoms with Crippen LogP contribution in [0, 0.1) is 11.3 Å². The van der Waals surface area contributed by atoms with Crippen LogP contribution in [0.2, 0.25) is 0 Å². The van der Waals surface area contributed by atoms with Gasteiger partial charge in [-0.1, -0.05) is 31.2 Å². The van der Waals surface area contributed by atoms with E-state index in [-0.39, 0.29) is 5.78 Å². The number of aromatic amines is 1. The fourth-order valence-electron chi connectivity index (χ4n) is 2.57. The van der Waals surface area contributed by atoms with Gasteiger partial charge < -0.3 is 4.98 Å². The molecule has 0 aliphatic rings. The van der Waals surface area contributed by atoms with Crippen LogP contribution >= 0.6 is 0 Å². The Morgan fingerprint density at radius 2 is 2.00 bits per heavy atom. The SMILES string of the molecule is CCc1ccccc1C(=O)c1c[nH]c2ccc(C#N)cc12. The molecular weight excluding hydrogens is 260 g/mol. The van der Waals surface area contributed by atoms with E-state index in [1.807, 2.05) is 37.3 Å². The van der Waals surface area contributed by atoms with Crippen molar-refractivity contribution in [3.8, 4) is 6.07 Å². The van der Waals surface area contributed by atoms with Crippen LogP contribution in [0.4, 0.5) is 0 Å². The molecule has 0 atom stereocenters. The lowest BCUT2D eigenvalue weighted by Crippen LogP contribution is -2.04. The molecule has 3 rings (SSSR count). The lowest BCUT2D eigenvalue weighted by atomic mass is 9.96. The number of nitrogens with zero attached hydrogens (tertiary/aromatic N) is 1. The number of carbonyl (C=O) groups is 1. The molecule has 1 aromatic heterocycles. The molecule has 0 aliphatic carbocycles. The summed E-state index contributed by atoms with van der Waals surface area (Å²) in [6.45, 7) is 2.04. The molecule has 0 bridgehead atoms. The predicted molar refractivity (Wildman–Crippen MR) is 82.3 cm³/mol. The highest BCUT2D eigenvalue weighted by Crippen LogP contribution is 2.24. The Balaban J connectivity index is 2.16. The van der Waals surface area contributed by atoms with Crippen molar-refractivity contribution in [2.75, 3.05) is 0 Å². The largest absolute Gasteiger partial charge is 0.360 e. The van der Waals surface area contributed by atoms with Crippen molar-refractivity contribution in [1.82, 2.24) is 4.98 Å². The van der Waals surface area contributed by atoms with E-state index in [2.05, 4.69) is 11.1 Å². The van der Waals surface area contributed by atoms with Gasteiger partial charge in [0.05, 0.1) is 11.6 Å². The summed E-state index contributed by atoms with van der Waals surface area (Å²) in [6.07, 6.45) is 2.54. The molecule has 0 spiro atoms. The minimum absolute atomic E-state index is 0.00575. The van der Waals surface area contributed by atoms with E-state index in [0.29, 0.717) is 11.1 Å². The van der Waals surface area contributed by atoms with Gasteiger partial charge in [-0.05, 0) is 30.2 Å². The molecule has 0 unspecified atom stereocenters. The van der Waals surface area contributed by atoms with Gasteiger partial charge in [0.2, 0.25) is 0 Å². The third-order valence-corrected chi connectivity index (χ3v) is 3.70. The maximum atomic E-state index is 12.8. The summed E-state index contributed by atoms with van der Waals surface area (Å²) in [6, 6.07) is 15.1. The number of nitrogens with one attached hydrogen (secondary N) is 1. The van der Waals surface area contributed by atoms with Gasteiger partial charge >= 0.3 is 0 Å². The van der Waals surface area contributed by atoms with E-state index in [9.17, 15) is 4.79 Å². The molecule has 0 radical (unpaired) electrons. The van der Waals surface area contributed by atoms with Crippen molar-refractivity contribution < 1.29 is 4.79 Å². The first-order chi connectivity index (χ1) is 10.2. The highest BCUT2D eigenvalue weighted by atomic mass is 16.1. The average Bonchev–Trinajstić information content (AvgIpc) is 2.97. The number of rotatable bonds is 3. The molecule has 102 valence electrons. The molecule has 0 saturated heterocycles. The fourth-order valence-corrected chi connectivity index (χ4v) is 2.57. The van der Waals surface area contributed by atoms with E-state index in [4.69, 9.17) is 5.26 Å². The topological polar surface area (TPSA) is 56.6 Å². The second kappa shape index (κ2) is 5.26. The van der Waals surface area contributed by atoms with Gasteiger partial charge in [0.25, 0.3) is 0 Å². The normalized spacial score (nSPS) is 10.5. The molecule has 0 fully saturated rings. The summed E-state index contributed by atoms with van der Waals surface area (Å²) < 4.78 is 0. The van der Waals surface area contributed by atoms with Gasteiger partial charge in [-0.25, -0.2) is 0 Å². The predicted octanol–water partition coefficient (Wildman–Crippen LogP) is 3.83. The zero-order valence-corrected chi connectivity index (χ0v) is 11.7. The van der Waals surface area contributed by atoms with Crippen LogP contribution in [0.15, 0.2) is 48.7 Å². The molecule has 3 aromatic rings. The third-order valence-electron chi connectivity index (χ3n) is 3.70. The lowest BCUT2D eigenvalue weighted by molar-refractivity contribution is 0.103. The van der Waals surface area contributed by atoms with Gasteiger partial charge in [-0.2, -0.15) is 5.26 Å². The Labute approximate surface area is 122 Å². The Hall–Kier alpha value is -2.86. The van der Waals surface area contributed by atoms with Gasteiger partial charge in [0.1, 0.15) is 0 Å². The third kappa shape index (κ3) is 2.21. The number of fused-ring (bicyclic) bond motifs is 1. The molecular formula is C18H14N2O. The smallest absolute Gasteiger partial charge is 0.195 e. The minimum Gasteiger partial charge on any atom is -0.360 e. The van der Waals surface area contributed by atoms with Gasteiger partial charge in [0, 0.05) is 28.2 Å². The first-order valence-corrected chi connectivity index (χ1v) is 6.88. The van der Waals surface area contributed by atoms with Crippen LogP contribution in [-0.4, -0.2) is 10.8 Å². The van der Waals surface area contributed by atoms with Crippen molar-refractivity contribution in [3.05, 3.63) is 70.9 Å². The maximum absolute atomic E-state index is 12.8. The molecule has 21 heavy (non-hydrogen) atoms. The van der Waals surface area contributed by atoms with Crippen LogP contribution in [0.5, 0.6) is 0 Å².